The highest BCUT2D eigenvalue weighted by Crippen LogP contribution is 2.41. The third-order valence-electron chi connectivity index (χ3n) is 10.5. The van der Waals surface area contributed by atoms with E-state index >= 15 is 4.39 Å². The maximum atomic E-state index is 15.1. The van der Waals surface area contributed by atoms with E-state index in [0.717, 1.165) is 31.7 Å². The van der Waals surface area contributed by atoms with E-state index in [1.54, 1.807) is 4.90 Å². The zero-order valence-corrected chi connectivity index (χ0v) is 27.1. The molecule has 4 fully saturated rings. The fourth-order valence-electron chi connectivity index (χ4n) is 7.67. The molecule has 1 saturated carbocycles. The molecule has 0 aromatic heterocycles. The van der Waals surface area contributed by atoms with Crippen LogP contribution < -0.4 is 10.6 Å². The quantitative estimate of drug-likeness (QED) is 0.507. The van der Waals surface area contributed by atoms with Crippen molar-refractivity contribution in [2.24, 2.45) is 17.3 Å². The fraction of sp³-hybridized carbons (Fsp3) is 0.735. The molecule has 0 bridgehead atoms. The first-order chi connectivity index (χ1) is 20.7. The van der Waals surface area contributed by atoms with Crippen LogP contribution in [0.5, 0.6) is 0 Å². The van der Waals surface area contributed by atoms with Gasteiger partial charge in [-0.25, -0.2) is 8.78 Å². The van der Waals surface area contributed by atoms with Gasteiger partial charge in [0.15, 0.2) is 0 Å². The lowest BCUT2D eigenvalue weighted by Gasteiger charge is -2.34. The van der Waals surface area contributed by atoms with Gasteiger partial charge in [0.25, 0.3) is 0 Å². The van der Waals surface area contributed by atoms with Gasteiger partial charge < -0.3 is 20.4 Å². The number of piperazine rings is 1. The lowest BCUT2D eigenvalue weighted by Crippen LogP contribution is -2.54. The molecule has 44 heavy (non-hydrogen) atoms. The summed E-state index contributed by atoms with van der Waals surface area (Å²) in [6.45, 7) is 14.5. The van der Waals surface area contributed by atoms with Crippen molar-refractivity contribution in [3.63, 3.8) is 0 Å². The number of hydrogen-bond acceptors (Lipinski definition) is 5. The van der Waals surface area contributed by atoms with Gasteiger partial charge in [0.1, 0.15) is 17.7 Å². The molecule has 3 amide bonds. The minimum Gasteiger partial charge on any atom is -0.353 e. The predicted molar refractivity (Wildman–Crippen MR) is 166 cm³/mol. The average molecular weight is 616 g/mol. The number of halogens is 2. The summed E-state index contributed by atoms with van der Waals surface area (Å²) in [4.78, 5) is 47.3. The molecule has 5 rings (SSSR count). The Labute approximate surface area is 261 Å². The van der Waals surface area contributed by atoms with Crippen LogP contribution in [-0.4, -0.2) is 95.9 Å². The molecule has 1 aromatic rings. The van der Waals surface area contributed by atoms with Crippen molar-refractivity contribution in [3.05, 3.63) is 35.4 Å². The van der Waals surface area contributed by atoms with Gasteiger partial charge in [-0.3, -0.25) is 19.3 Å². The van der Waals surface area contributed by atoms with Crippen LogP contribution in [0.4, 0.5) is 8.78 Å². The number of carbonyl (C=O) groups is 3. The number of benzene rings is 1. The van der Waals surface area contributed by atoms with Gasteiger partial charge in [0.05, 0.1) is 5.92 Å². The van der Waals surface area contributed by atoms with Crippen molar-refractivity contribution < 1.29 is 23.2 Å². The van der Waals surface area contributed by atoms with E-state index < -0.39 is 29.5 Å². The van der Waals surface area contributed by atoms with Crippen LogP contribution in [-0.2, 0) is 14.4 Å². The molecular weight excluding hydrogens is 564 g/mol. The summed E-state index contributed by atoms with van der Waals surface area (Å²) in [5.41, 5.74) is 0.370. The van der Waals surface area contributed by atoms with Crippen molar-refractivity contribution >= 4 is 17.7 Å². The maximum absolute atomic E-state index is 15.1. The number of rotatable bonds is 6. The molecule has 0 unspecified atom stereocenters. The molecule has 4 aliphatic rings. The fourth-order valence-corrected chi connectivity index (χ4v) is 7.67. The van der Waals surface area contributed by atoms with Crippen molar-refractivity contribution in [3.8, 4) is 0 Å². The molecule has 2 N–H and O–H groups in total. The molecule has 0 radical (unpaired) electrons. The van der Waals surface area contributed by atoms with Crippen molar-refractivity contribution in [2.45, 2.75) is 96.7 Å². The molecule has 8 nitrogen and oxygen atoms in total. The Kier molecular flexibility index (Phi) is 9.71. The Morgan fingerprint density at radius 2 is 1.68 bits per heavy atom. The molecular formula is C34H51F2N5O3. The molecule has 4 atom stereocenters. The van der Waals surface area contributed by atoms with Gasteiger partial charge in [-0.2, -0.15) is 0 Å². The maximum Gasteiger partial charge on any atom is 0.245 e. The van der Waals surface area contributed by atoms with Gasteiger partial charge in [-0.15, -0.1) is 0 Å². The van der Waals surface area contributed by atoms with Crippen LogP contribution in [0.25, 0.3) is 0 Å². The van der Waals surface area contributed by atoms with Crippen LogP contribution in [0.15, 0.2) is 18.2 Å². The Balaban J connectivity index is 1.36. The average Bonchev–Trinajstić information content (AvgIpc) is 3.59. The van der Waals surface area contributed by atoms with Crippen LogP contribution in [0, 0.1) is 28.9 Å². The van der Waals surface area contributed by atoms with Crippen molar-refractivity contribution in [1.82, 2.24) is 25.3 Å². The van der Waals surface area contributed by atoms with Crippen LogP contribution >= 0.6 is 0 Å². The summed E-state index contributed by atoms with van der Waals surface area (Å²) in [5, 5.41) is 6.50. The summed E-state index contributed by atoms with van der Waals surface area (Å²) in [6, 6.07) is 3.09. The van der Waals surface area contributed by atoms with Gasteiger partial charge in [0, 0.05) is 75.8 Å². The molecule has 3 saturated heterocycles. The topological polar surface area (TPSA) is 85.0 Å². The summed E-state index contributed by atoms with van der Waals surface area (Å²) in [6.07, 6.45) is 4.78. The van der Waals surface area contributed by atoms with Crippen LogP contribution in [0.1, 0.15) is 84.6 Å². The number of nitrogens with zero attached hydrogens (tertiary/aromatic N) is 3. The van der Waals surface area contributed by atoms with E-state index in [1.165, 1.54) is 12.1 Å². The summed E-state index contributed by atoms with van der Waals surface area (Å²) in [5.74, 6) is -2.80. The van der Waals surface area contributed by atoms with Crippen LogP contribution in [0.3, 0.4) is 0 Å². The smallest absolute Gasteiger partial charge is 0.245 e. The third kappa shape index (κ3) is 7.44. The number of nitrogens with one attached hydrogen (secondary N) is 2. The second-order valence-corrected chi connectivity index (χ2v) is 15.3. The van der Waals surface area contributed by atoms with E-state index in [0.29, 0.717) is 63.2 Å². The van der Waals surface area contributed by atoms with Gasteiger partial charge in [0.2, 0.25) is 17.7 Å². The minimum absolute atomic E-state index is 0.0200. The van der Waals surface area contributed by atoms with E-state index in [-0.39, 0.29) is 41.6 Å². The zero-order chi connectivity index (χ0) is 31.8. The van der Waals surface area contributed by atoms with Gasteiger partial charge >= 0.3 is 0 Å². The summed E-state index contributed by atoms with van der Waals surface area (Å²) in [7, 11) is 0. The largest absolute Gasteiger partial charge is 0.353 e. The van der Waals surface area contributed by atoms with E-state index in [9.17, 15) is 18.8 Å². The lowest BCUT2D eigenvalue weighted by molar-refractivity contribution is -0.146. The first kappa shape index (κ1) is 32.8. The molecule has 3 heterocycles. The van der Waals surface area contributed by atoms with E-state index in [1.807, 2.05) is 4.90 Å². The normalized spacial score (nSPS) is 28.3. The molecule has 1 aliphatic carbocycles. The number of hydrogen-bond donors (Lipinski definition) is 2. The number of carbonyl (C=O) groups excluding carboxylic acids is 3. The lowest BCUT2D eigenvalue weighted by atomic mass is 9.75. The first-order valence-electron chi connectivity index (χ1n) is 16.5. The van der Waals surface area contributed by atoms with Crippen molar-refractivity contribution in [2.75, 3.05) is 45.8 Å². The number of amides is 3. The Bertz CT molecular complexity index is 1220. The van der Waals surface area contributed by atoms with Crippen molar-refractivity contribution in [1.29, 1.82) is 0 Å². The van der Waals surface area contributed by atoms with Gasteiger partial charge in [-0.1, -0.05) is 19.9 Å². The highest BCUT2D eigenvalue weighted by atomic mass is 19.1. The summed E-state index contributed by atoms with van der Waals surface area (Å²) >= 11 is 0. The standard InChI is InChI=1S/C34H51F2N5O3/c1-33(2,3)40-20-26(25-7-6-23(35)18-28(25)36)27(21-40)31(43)41-19-22(16-29(41)32(44)39-14-12-37-13-15-39)17-30(42)38-24-8-10-34(4,5)11-9-24/h6-7,18,22,24,26-27,29,37H,8-17,19-21H2,1-5H3,(H,38,42)/t22-,26-,27+,29-/m0/s1. The first-order valence-corrected chi connectivity index (χ1v) is 16.5. The predicted octanol–water partition coefficient (Wildman–Crippen LogP) is 3.90. The minimum atomic E-state index is -0.656. The zero-order valence-electron chi connectivity index (χ0n) is 27.1. The van der Waals surface area contributed by atoms with E-state index in [4.69, 9.17) is 0 Å². The summed E-state index contributed by atoms with van der Waals surface area (Å²) < 4.78 is 29.0. The molecule has 1 aromatic carbocycles. The number of likely N-dealkylation sites (tertiary alicyclic amines) is 2. The Morgan fingerprint density at radius 1 is 1.00 bits per heavy atom. The van der Waals surface area contributed by atoms with Crippen LogP contribution in [0.2, 0.25) is 0 Å². The Morgan fingerprint density at radius 3 is 2.32 bits per heavy atom. The molecule has 3 aliphatic heterocycles. The SMILES string of the molecule is CC1(C)CCC(NC(=O)C[C@@H]2C[C@@H](C(=O)N3CCNCC3)N(C(=O)[C@@H]3CN(C(C)(C)C)C[C@H]3c3ccc(F)cc3F)C2)CC1. The Hall–Kier alpha value is -2.59. The molecule has 0 spiro atoms. The molecule has 244 valence electrons. The van der Waals surface area contributed by atoms with Gasteiger partial charge in [-0.05, 0) is 75.8 Å². The second kappa shape index (κ2) is 13.0. The second-order valence-electron chi connectivity index (χ2n) is 15.3. The van der Waals surface area contributed by atoms with E-state index in [2.05, 4.69) is 50.2 Å². The molecule has 10 heteroatoms. The monoisotopic (exact) mass is 615 g/mol. The third-order valence-corrected chi connectivity index (χ3v) is 10.5. The highest BCUT2D eigenvalue weighted by Gasteiger charge is 2.49. The highest BCUT2D eigenvalue weighted by molar-refractivity contribution is 5.90.